The lowest BCUT2D eigenvalue weighted by Gasteiger charge is -2.47. The first-order valence-corrected chi connectivity index (χ1v) is 8.08. The SMILES string of the molecule is CCCC(C)(N)C1(O)CC2CCC(C1)S2(=O)=O. The van der Waals surface area contributed by atoms with E-state index in [0.717, 1.165) is 12.8 Å². The van der Waals surface area contributed by atoms with Gasteiger partial charge in [-0.15, -0.1) is 0 Å². The van der Waals surface area contributed by atoms with Gasteiger partial charge >= 0.3 is 0 Å². The summed E-state index contributed by atoms with van der Waals surface area (Å²) in [5, 5.41) is 10.0. The van der Waals surface area contributed by atoms with E-state index in [1.54, 1.807) is 0 Å². The molecule has 2 bridgehead atoms. The van der Waals surface area contributed by atoms with Gasteiger partial charge in [0.2, 0.25) is 0 Å². The predicted molar refractivity (Wildman–Crippen MR) is 67.4 cm³/mol. The predicted octanol–water partition coefficient (Wildman–Crippen LogP) is 0.975. The maximum Gasteiger partial charge on any atom is 0.156 e. The molecule has 4 nitrogen and oxygen atoms in total. The van der Waals surface area contributed by atoms with Crippen LogP contribution in [0.25, 0.3) is 0 Å². The van der Waals surface area contributed by atoms with Crippen LogP contribution in [0.15, 0.2) is 0 Å². The van der Waals surface area contributed by atoms with E-state index in [4.69, 9.17) is 5.73 Å². The van der Waals surface area contributed by atoms with Crippen molar-refractivity contribution in [3.8, 4) is 0 Å². The number of nitrogens with two attached hydrogens (primary N) is 1. The summed E-state index contributed by atoms with van der Waals surface area (Å²) in [6.45, 7) is 3.89. The molecule has 2 fully saturated rings. The highest BCUT2D eigenvalue weighted by atomic mass is 32.2. The summed E-state index contributed by atoms with van der Waals surface area (Å²) in [5.74, 6) is 0. The fourth-order valence-electron chi connectivity index (χ4n) is 3.46. The Morgan fingerprint density at radius 3 is 2.24 bits per heavy atom. The van der Waals surface area contributed by atoms with Gasteiger partial charge in [-0.1, -0.05) is 13.3 Å². The zero-order valence-electron chi connectivity index (χ0n) is 10.6. The van der Waals surface area contributed by atoms with Crippen LogP contribution in [0.2, 0.25) is 0 Å². The Hall–Kier alpha value is -0.130. The molecule has 2 heterocycles. The van der Waals surface area contributed by atoms with Crippen molar-refractivity contribution in [2.75, 3.05) is 0 Å². The summed E-state index contributed by atoms with van der Waals surface area (Å²) < 4.78 is 24.0. The Morgan fingerprint density at radius 2 is 1.82 bits per heavy atom. The summed E-state index contributed by atoms with van der Waals surface area (Å²) in [7, 11) is -2.99. The zero-order chi connectivity index (χ0) is 12.9. The van der Waals surface area contributed by atoms with Gasteiger partial charge in [-0.25, -0.2) is 8.42 Å². The smallest absolute Gasteiger partial charge is 0.156 e. The van der Waals surface area contributed by atoms with Crippen molar-refractivity contribution in [1.29, 1.82) is 0 Å². The van der Waals surface area contributed by atoms with Crippen LogP contribution in [0.5, 0.6) is 0 Å². The Kier molecular flexibility index (Phi) is 3.08. The minimum absolute atomic E-state index is 0.318. The highest BCUT2D eigenvalue weighted by Gasteiger charge is 2.57. The number of aliphatic hydroxyl groups is 1. The quantitative estimate of drug-likeness (QED) is 0.793. The van der Waals surface area contributed by atoms with Gasteiger partial charge < -0.3 is 10.8 Å². The molecule has 2 saturated heterocycles. The molecule has 2 rings (SSSR count). The van der Waals surface area contributed by atoms with Crippen LogP contribution < -0.4 is 5.73 Å². The van der Waals surface area contributed by atoms with E-state index < -0.39 is 21.0 Å². The largest absolute Gasteiger partial charge is 0.388 e. The summed E-state index contributed by atoms with van der Waals surface area (Å²) in [6, 6.07) is 0. The van der Waals surface area contributed by atoms with Crippen molar-refractivity contribution >= 4 is 9.84 Å². The van der Waals surface area contributed by atoms with E-state index in [2.05, 4.69) is 0 Å². The fraction of sp³-hybridized carbons (Fsp3) is 1.00. The van der Waals surface area contributed by atoms with Gasteiger partial charge in [0.15, 0.2) is 9.84 Å². The van der Waals surface area contributed by atoms with Crippen molar-refractivity contribution in [2.45, 2.75) is 74.0 Å². The molecular weight excluding hydrogens is 238 g/mol. The molecule has 0 aromatic heterocycles. The molecule has 2 aliphatic heterocycles. The van der Waals surface area contributed by atoms with Gasteiger partial charge in [0.1, 0.15) is 0 Å². The molecule has 100 valence electrons. The monoisotopic (exact) mass is 261 g/mol. The summed E-state index contributed by atoms with van der Waals surface area (Å²) in [5.41, 5.74) is 4.54. The van der Waals surface area contributed by atoms with Crippen molar-refractivity contribution < 1.29 is 13.5 Å². The third-order valence-electron chi connectivity index (χ3n) is 4.70. The van der Waals surface area contributed by atoms with Gasteiger partial charge in [-0.05, 0) is 39.0 Å². The first kappa shape index (κ1) is 13.3. The normalized spacial score (nSPS) is 43.3. The summed E-state index contributed by atoms with van der Waals surface area (Å²) in [4.78, 5) is 0. The van der Waals surface area contributed by atoms with Crippen LogP contribution in [0.3, 0.4) is 0 Å². The third kappa shape index (κ3) is 1.92. The molecule has 0 radical (unpaired) electrons. The molecule has 17 heavy (non-hydrogen) atoms. The molecule has 3 atom stereocenters. The van der Waals surface area contributed by atoms with Gasteiger partial charge in [-0.2, -0.15) is 0 Å². The third-order valence-corrected chi connectivity index (χ3v) is 7.37. The van der Waals surface area contributed by atoms with Crippen LogP contribution in [-0.2, 0) is 9.84 Å². The number of sulfone groups is 1. The molecule has 0 aliphatic carbocycles. The van der Waals surface area contributed by atoms with E-state index in [-0.39, 0.29) is 10.5 Å². The van der Waals surface area contributed by atoms with Crippen LogP contribution in [0.4, 0.5) is 0 Å². The lowest BCUT2D eigenvalue weighted by atomic mass is 9.73. The number of fused-ring (bicyclic) bond motifs is 2. The molecule has 0 saturated carbocycles. The minimum Gasteiger partial charge on any atom is -0.388 e. The topological polar surface area (TPSA) is 80.4 Å². The molecule has 3 unspecified atom stereocenters. The maximum atomic E-state index is 12.0. The lowest BCUT2D eigenvalue weighted by molar-refractivity contribution is -0.0475. The average Bonchev–Trinajstić information content (AvgIpc) is 2.38. The zero-order valence-corrected chi connectivity index (χ0v) is 11.5. The maximum absolute atomic E-state index is 12.0. The number of hydrogen-bond donors (Lipinski definition) is 2. The molecule has 3 N–H and O–H groups in total. The van der Waals surface area contributed by atoms with Crippen LogP contribution >= 0.6 is 0 Å². The molecule has 5 heteroatoms. The molecular formula is C12H23NO3S. The Morgan fingerprint density at radius 1 is 1.35 bits per heavy atom. The van der Waals surface area contributed by atoms with Gasteiger partial charge in [-0.3, -0.25) is 0 Å². The Labute approximate surface area is 104 Å². The van der Waals surface area contributed by atoms with E-state index in [0.29, 0.717) is 25.7 Å². The molecule has 2 aliphatic rings. The van der Waals surface area contributed by atoms with Crippen LogP contribution in [0, 0.1) is 0 Å². The van der Waals surface area contributed by atoms with Gasteiger partial charge in [0.25, 0.3) is 0 Å². The van der Waals surface area contributed by atoms with E-state index >= 15 is 0 Å². The molecule has 0 amide bonds. The van der Waals surface area contributed by atoms with Crippen molar-refractivity contribution in [3.05, 3.63) is 0 Å². The second kappa shape index (κ2) is 3.93. The summed E-state index contributed by atoms with van der Waals surface area (Å²) in [6.07, 6.45) is 3.65. The Bertz CT molecular complexity index is 382. The van der Waals surface area contributed by atoms with Crippen LogP contribution in [0.1, 0.15) is 52.4 Å². The first-order valence-electron chi connectivity index (χ1n) is 6.47. The van der Waals surface area contributed by atoms with E-state index in [9.17, 15) is 13.5 Å². The summed E-state index contributed by atoms with van der Waals surface area (Å²) >= 11 is 0. The number of rotatable bonds is 3. The lowest BCUT2D eigenvalue weighted by Crippen LogP contribution is -2.63. The highest BCUT2D eigenvalue weighted by Crippen LogP contribution is 2.47. The van der Waals surface area contributed by atoms with Gasteiger partial charge in [0, 0.05) is 5.54 Å². The van der Waals surface area contributed by atoms with Crippen molar-refractivity contribution in [2.24, 2.45) is 5.73 Å². The fourth-order valence-corrected chi connectivity index (χ4v) is 5.95. The second-order valence-corrected chi connectivity index (χ2v) is 8.53. The number of hydrogen-bond acceptors (Lipinski definition) is 4. The standard InChI is InChI=1S/C12H23NO3S/c1-3-6-11(2,13)12(14)7-9-4-5-10(8-12)17(9,15)16/h9-10,14H,3-8,13H2,1-2H3. The molecule has 0 spiro atoms. The molecule has 0 aromatic carbocycles. The van der Waals surface area contributed by atoms with Crippen LogP contribution in [-0.4, -0.2) is 35.2 Å². The van der Waals surface area contributed by atoms with E-state index in [1.807, 2.05) is 13.8 Å². The first-order chi connectivity index (χ1) is 7.73. The average molecular weight is 261 g/mol. The van der Waals surface area contributed by atoms with E-state index in [1.165, 1.54) is 0 Å². The Balaban J connectivity index is 2.27. The van der Waals surface area contributed by atoms with Gasteiger partial charge in [0.05, 0.1) is 16.1 Å². The molecule has 0 aromatic rings. The van der Waals surface area contributed by atoms with Crippen molar-refractivity contribution in [3.63, 3.8) is 0 Å². The highest BCUT2D eigenvalue weighted by molar-refractivity contribution is 7.93. The van der Waals surface area contributed by atoms with Crippen molar-refractivity contribution in [1.82, 2.24) is 0 Å². The minimum atomic E-state index is -2.99. The second-order valence-electron chi connectivity index (χ2n) is 6.02.